The van der Waals surface area contributed by atoms with Crippen molar-refractivity contribution in [3.05, 3.63) is 74.3 Å². The molecular formula is C15H10N4O5S. The second kappa shape index (κ2) is 7.09. The lowest BCUT2D eigenvalue weighted by Crippen LogP contribution is -1.95. The summed E-state index contributed by atoms with van der Waals surface area (Å²) in [6.07, 6.45) is 0. The van der Waals surface area contributed by atoms with Crippen molar-refractivity contribution >= 4 is 23.1 Å². The standard InChI is InChI=1S/C15H10N4O5S/c20-18(21)12-6-10(7-13(8-12)19(22)23)9-25-15-17-16-14(24-15)11-4-2-1-3-5-11/h1-8H,9H2. The van der Waals surface area contributed by atoms with Gasteiger partial charge in [0, 0.05) is 23.4 Å². The Morgan fingerprint density at radius 2 is 1.60 bits per heavy atom. The minimum absolute atomic E-state index is 0.221. The average Bonchev–Trinajstić information content (AvgIpc) is 3.09. The van der Waals surface area contributed by atoms with Crippen LogP contribution in [0, 0.1) is 20.2 Å². The van der Waals surface area contributed by atoms with Gasteiger partial charge in [-0.05, 0) is 17.7 Å². The van der Waals surface area contributed by atoms with E-state index < -0.39 is 9.85 Å². The summed E-state index contributed by atoms with van der Waals surface area (Å²) in [5, 5.41) is 29.9. The molecule has 126 valence electrons. The molecular weight excluding hydrogens is 348 g/mol. The van der Waals surface area contributed by atoms with Crippen molar-refractivity contribution in [3.63, 3.8) is 0 Å². The van der Waals surface area contributed by atoms with Crippen LogP contribution in [-0.2, 0) is 5.75 Å². The fraction of sp³-hybridized carbons (Fsp3) is 0.0667. The highest BCUT2D eigenvalue weighted by Crippen LogP contribution is 2.29. The Bertz CT molecular complexity index is 896. The number of hydrogen-bond donors (Lipinski definition) is 0. The van der Waals surface area contributed by atoms with E-state index in [1.807, 2.05) is 30.3 Å². The van der Waals surface area contributed by atoms with Gasteiger partial charge < -0.3 is 4.42 Å². The van der Waals surface area contributed by atoms with Crippen LogP contribution in [0.4, 0.5) is 11.4 Å². The SMILES string of the molecule is O=[N+]([O-])c1cc(CSc2nnc(-c3ccccc3)o2)cc([N+](=O)[O-])c1. The van der Waals surface area contributed by atoms with Crippen LogP contribution in [0.5, 0.6) is 0 Å². The third-order valence-electron chi connectivity index (χ3n) is 3.17. The smallest absolute Gasteiger partial charge is 0.277 e. The Balaban J connectivity index is 1.77. The first kappa shape index (κ1) is 16.6. The molecule has 9 nitrogen and oxygen atoms in total. The van der Waals surface area contributed by atoms with Gasteiger partial charge in [-0.25, -0.2) is 0 Å². The largest absolute Gasteiger partial charge is 0.411 e. The van der Waals surface area contributed by atoms with E-state index in [1.165, 1.54) is 12.1 Å². The quantitative estimate of drug-likeness (QED) is 0.369. The van der Waals surface area contributed by atoms with Crippen molar-refractivity contribution in [2.75, 3.05) is 0 Å². The second-order valence-corrected chi connectivity index (χ2v) is 5.83. The van der Waals surface area contributed by atoms with Gasteiger partial charge in [0.1, 0.15) is 0 Å². The molecule has 1 aromatic heterocycles. The summed E-state index contributed by atoms with van der Waals surface area (Å²) in [4.78, 5) is 20.5. The van der Waals surface area contributed by atoms with Crippen LogP contribution < -0.4 is 0 Å². The van der Waals surface area contributed by atoms with Gasteiger partial charge in [0.15, 0.2) is 0 Å². The van der Waals surface area contributed by atoms with Crippen molar-refractivity contribution < 1.29 is 14.3 Å². The number of aromatic nitrogens is 2. The van der Waals surface area contributed by atoms with Crippen LogP contribution in [0.2, 0.25) is 0 Å². The van der Waals surface area contributed by atoms with Crippen molar-refractivity contribution in [2.24, 2.45) is 0 Å². The van der Waals surface area contributed by atoms with Gasteiger partial charge in [-0.3, -0.25) is 20.2 Å². The maximum Gasteiger partial charge on any atom is 0.277 e. The first-order valence-corrected chi connectivity index (χ1v) is 7.96. The topological polar surface area (TPSA) is 125 Å². The second-order valence-electron chi connectivity index (χ2n) is 4.90. The van der Waals surface area contributed by atoms with Gasteiger partial charge in [-0.15, -0.1) is 10.2 Å². The molecule has 3 aromatic rings. The fourth-order valence-electron chi connectivity index (χ4n) is 2.06. The van der Waals surface area contributed by atoms with E-state index in [1.54, 1.807) is 0 Å². The van der Waals surface area contributed by atoms with E-state index in [0.29, 0.717) is 11.5 Å². The van der Waals surface area contributed by atoms with E-state index in [2.05, 4.69) is 10.2 Å². The number of non-ortho nitro benzene ring substituents is 2. The lowest BCUT2D eigenvalue weighted by molar-refractivity contribution is -0.394. The number of rotatable bonds is 6. The highest BCUT2D eigenvalue weighted by molar-refractivity contribution is 7.98. The summed E-state index contributed by atoms with van der Waals surface area (Å²) in [6, 6.07) is 12.7. The van der Waals surface area contributed by atoms with Crippen LogP contribution in [0.25, 0.3) is 11.5 Å². The monoisotopic (exact) mass is 358 g/mol. The molecule has 3 rings (SSSR count). The minimum Gasteiger partial charge on any atom is -0.411 e. The normalized spacial score (nSPS) is 10.6. The van der Waals surface area contributed by atoms with E-state index in [0.717, 1.165) is 23.4 Å². The van der Waals surface area contributed by atoms with Gasteiger partial charge in [0.05, 0.1) is 15.9 Å². The molecule has 1 heterocycles. The molecule has 0 aliphatic carbocycles. The molecule has 25 heavy (non-hydrogen) atoms. The van der Waals surface area contributed by atoms with Crippen LogP contribution in [0.3, 0.4) is 0 Å². The number of nitro groups is 2. The molecule has 0 amide bonds. The average molecular weight is 358 g/mol. The zero-order valence-corrected chi connectivity index (χ0v) is 13.4. The molecule has 0 atom stereocenters. The van der Waals surface area contributed by atoms with E-state index in [4.69, 9.17) is 4.42 Å². The summed E-state index contributed by atoms with van der Waals surface area (Å²) in [6.45, 7) is 0. The van der Waals surface area contributed by atoms with E-state index in [-0.39, 0.29) is 22.4 Å². The molecule has 0 aliphatic rings. The molecule has 0 aliphatic heterocycles. The number of nitro benzene ring substituents is 2. The Labute approximate surface area is 145 Å². The first-order valence-electron chi connectivity index (χ1n) is 6.97. The third kappa shape index (κ3) is 3.98. The molecule has 0 N–H and O–H groups in total. The van der Waals surface area contributed by atoms with Gasteiger partial charge >= 0.3 is 0 Å². The first-order chi connectivity index (χ1) is 12.0. The predicted octanol–water partition coefficient (Wildman–Crippen LogP) is 3.85. The van der Waals surface area contributed by atoms with Crippen molar-refractivity contribution in [3.8, 4) is 11.5 Å². The van der Waals surface area contributed by atoms with Gasteiger partial charge in [0.25, 0.3) is 16.6 Å². The Morgan fingerprint density at radius 3 is 2.20 bits per heavy atom. The Morgan fingerprint density at radius 1 is 0.960 bits per heavy atom. The molecule has 0 saturated carbocycles. The Kier molecular flexibility index (Phi) is 4.70. The lowest BCUT2D eigenvalue weighted by Gasteiger charge is -2.00. The highest BCUT2D eigenvalue weighted by atomic mass is 32.2. The molecule has 10 heteroatoms. The van der Waals surface area contributed by atoms with E-state index in [9.17, 15) is 20.2 Å². The van der Waals surface area contributed by atoms with Crippen LogP contribution in [0.15, 0.2) is 58.2 Å². The van der Waals surface area contributed by atoms with Crippen molar-refractivity contribution in [1.29, 1.82) is 0 Å². The number of nitrogens with zero attached hydrogens (tertiary/aromatic N) is 4. The highest BCUT2D eigenvalue weighted by Gasteiger charge is 2.17. The number of thioether (sulfide) groups is 1. The summed E-state index contributed by atoms with van der Waals surface area (Å²) in [5.41, 5.74) is 0.527. The third-order valence-corrected chi connectivity index (χ3v) is 4.06. The maximum atomic E-state index is 10.9. The van der Waals surface area contributed by atoms with Gasteiger partial charge in [-0.2, -0.15) is 0 Å². The molecule has 2 aromatic carbocycles. The fourth-order valence-corrected chi connectivity index (χ4v) is 2.75. The van der Waals surface area contributed by atoms with Crippen molar-refractivity contribution in [1.82, 2.24) is 10.2 Å². The zero-order valence-electron chi connectivity index (χ0n) is 12.6. The summed E-state index contributed by atoms with van der Waals surface area (Å²) in [5.74, 6) is 0.576. The predicted molar refractivity (Wildman–Crippen MR) is 89.0 cm³/mol. The van der Waals surface area contributed by atoms with Crippen LogP contribution in [0.1, 0.15) is 5.56 Å². The Hall–Kier alpha value is -3.27. The zero-order chi connectivity index (χ0) is 17.8. The van der Waals surface area contributed by atoms with E-state index >= 15 is 0 Å². The summed E-state index contributed by atoms with van der Waals surface area (Å²) >= 11 is 1.14. The molecule has 0 fully saturated rings. The molecule has 0 unspecified atom stereocenters. The van der Waals surface area contributed by atoms with Crippen LogP contribution >= 0.6 is 11.8 Å². The van der Waals surface area contributed by atoms with Crippen molar-refractivity contribution in [2.45, 2.75) is 11.0 Å². The van der Waals surface area contributed by atoms with Gasteiger partial charge in [0.2, 0.25) is 5.89 Å². The van der Waals surface area contributed by atoms with Gasteiger partial charge in [-0.1, -0.05) is 30.0 Å². The maximum absolute atomic E-state index is 10.9. The number of hydrogen-bond acceptors (Lipinski definition) is 8. The summed E-state index contributed by atoms with van der Waals surface area (Å²) in [7, 11) is 0. The minimum atomic E-state index is -0.665. The van der Waals surface area contributed by atoms with Crippen LogP contribution in [-0.4, -0.2) is 20.0 Å². The lowest BCUT2D eigenvalue weighted by atomic mass is 10.2. The number of benzene rings is 2. The summed E-state index contributed by atoms with van der Waals surface area (Å²) < 4.78 is 5.52. The molecule has 0 bridgehead atoms. The molecule has 0 saturated heterocycles. The molecule has 0 radical (unpaired) electrons. The molecule has 0 spiro atoms.